The zero-order chi connectivity index (χ0) is 13.4. The second-order valence-electron chi connectivity index (χ2n) is 5.69. The lowest BCUT2D eigenvalue weighted by atomic mass is 10.0. The largest absolute Gasteiger partial charge is 0.330 e. The molecule has 0 aliphatic carbocycles. The molecule has 3 heteroatoms. The molecular formula is C16H21N3. The summed E-state index contributed by atoms with van der Waals surface area (Å²) >= 11 is 0. The van der Waals surface area contributed by atoms with E-state index < -0.39 is 0 Å². The summed E-state index contributed by atoms with van der Waals surface area (Å²) in [4.78, 5) is 4.88. The number of hydrogen-bond acceptors (Lipinski definition) is 2. The van der Waals surface area contributed by atoms with Gasteiger partial charge in [0.15, 0.2) is 0 Å². The Balaban J connectivity index is 2.15. The molecule has 2 aromatic rings. The van der Waals surface area contributed by atoms with E-state index in [4.69, 9.17) is 10.7 Å². The van der Waals surface area contributed by atoms with E-state index in [9.17, 15) is 0 Å². The molecule has 19 heavy (non-hydrogen) atoms. The van der Waals surface area contributed by atoms with E-state index in [1.54, 1.807) is 0 Å². The maximum absolute atomic E-state index is 6.12. The van der Waals surface area contributed by atoms with Crippen LogP contribution in [0.15, 0.2) is 30.3 Å². The van der Waals surface area contributed by atoms with Crippen LogP contribution in [-0.4, -0.2) is 15.6 Å². The van der Waals surface area contributed by atoms with Crippen molar-refractivity contribution >= 4 is 0 Å². The van der Waals surface area contributed by atoms with Crippen LogP contribution < -0.4 is 5.73 Å². The molecule has 0 bridgehead atoms. The van der Waals surface area contributed by atoms with Gasteiger partial charge in [-0.15, -0.1) is 0 Å². The highest BCUT2D eigenvalue weighted by Gasteiger charge is 2.24. The summed E-state index contributed by atoms with van der Waals surface area (Å²) in [5, 5.41) is 0. The third-order valence-electron chi connectivity index (χ3n) is 3.84. The van der Waals surface area contributed by atoms with Crippen molar-refractivity contribution in [1.29, 1.82) is 0 Å². The van der Waals surface area contributed by atoms with Gasteiger partial charge in [0, 0.05) is 30.3 Å². The fraction of sp³-hybridized carbons (Fsp3) is 0.438. The molecule has 3 rings (SSSR count). The van der Waals surface area contributed by atoms with Crippen LogP contribution in [0.5, 0.6) is 0 Å². The molecule has 0 radical (unpaired) electrons. The predicted octanol–water partition coefficient (Wildman–Crippen LogP) is 2.95. The van der Waals surface area contributed by atoms with Crippen molar-refractivity contribution in [2.75, 3.05) is 0 Å². The van der Waals surface area contributed by atoms with Gasteiger partial charge in [-0.25, -0.2) is 4.98 Å². The van der Waals surface area contributed by atoms with Gasteiger partial charge in [0.1, 0.15) is 5.82 Å². The van der Waals surface area contributed by atoms with Crippen molar-refractivity contribution in [3.05, 3.63) is 41.9 Å². The first-order chi connectivity index (χ1) is 9.16. The molecule has 0 amide bonds. The van der Waals surface area contributed by atoms with Crippen LogP contribution in [-0.2, 0) is 13.0 Å². The van der Waals surface area contributed by atoms with Crippen LogP contribution in [0.3, 0.4) is 0 Å². The molecule has 0 fully saturated rings. The molecule has 2 N–H and O–H groups in total. The number of nitrogens with two attached hydrogens (primary N) is 1. The first-order valence-electron chi connectivity index (χ1n) is 7.07. The molecule has 1 atom stereocenters. The van der Waals surface area contributed by atoms with Crippen molar-refractivity contribution in [3.63, 3.8) is 0 Å². The fourth-order valence-electron chi connectivity index (χ4n) is 2.94. The molecule has 100 valence electrons. The van der Waals surface area contributed by atoms with E-state index in [-0.39, 0.29) is 6.04 Å². The van der Waals surface area contributed by atoms with Crippen LogP contribution >= 0.6 is 0 Å². The average Bonchev–Trinajstić information content (AvgIpc) is 2.78. The Hall–Kier alpha value is -1.61. The summed E-state index contributed by atoms with van der Waals surface area (Å²) in [7, 11) is 0. The van der Waals surface area contributed by atoms with Crippen molar-refractivity contribution in [2.45, 2.75) is 45.2 Å². The minimum Gasteiger partial charge on any atom is -0.330 e. The normalized spacial score (nSPS) is 18.6. The van der Waals surface area contributed by atoms with Crippen molar-refractivity contribution in [2.24, 2.45) is 5.73 Å². The molecule has 1 aliphatic heterocycles. The lowest BCUT2D eigenvalue weighted by molar-refractivity contribution is 0.439. The first-order valence-corrected chi connectivity index (χ1v) is 7.07. The molecule has 3 nitrogen and oxygen atoms in total. The molecule has 0 spiro atoms. The molecule has 1 aromatic heterocycles. The van der Waals surface area contributed by atoms with Crippen LogP contribution in [0.2, 0.25) is 0 Å². The third kappa shape index (κ3) is 2.19. The highest BCUT2D eigenvalue weighted by atomic mass is 15.1. The predicted molar refractivity (Wildman–Crippen MR) is 78.0 cm³/mol. The molecule has 0 saturated heterocycles. The van der Waals surface area contributed by atoms with Crippen molar-refractivity contribution in [1.82, 2.24) is 9.55 Å². The summed E-state index contributed by atoms with van der Waals surface area (Å²) < 4.78 is 2.35. The minimum absolute atomic E-state index is 0.267. The van der Waals surface area contributed by atoms with E-state index in [0.717, 1.165) is 25.1 Å². The maximum Gasteiger partial charge on any atom is 0.109 e. The number of aryl methyl sites for hydroxylation is 1. The van der Waals surface area contributed by atoms with Gasteiger partial charge in [-0.1, -0.05) is 44.2 Å². The van der Waals surface area contributed by atoms with Gasteiger partial charge in [0.25, 0.3) is 0 Å². The highest BCUT2D eigenvalue weighted by molar-refractivity contribution is 5.63. The zero-order valence-electron chi connectivity index (χ0n) is 11.6. The van der Waals surface area contributed by atoms with Crippen LogP contribution in [0.4, 0.5) is 0 Å². The molecule has 1 aromatic carbocycles. The quantitative estimate of drug-likeness (QED) is 0.896. The van der Waals surface area contributed by atoms with Gasteiger partial charge in [0.2, 0.25) is 0 Å². The lowest BCUT2D eigenvalue weighted by Gasteiger charge is -2.23. The van der Waals surface area contributed by atoms with Gasteiger partial charge in [-0.2, -0.15) is 0 Å². The van der Waals surface area contributed by atoms with Crippen LogP contribution in [0.25, 0.3) is 11.3 Å². The Morgan fingerprint density at radius 2 is 2.00 bits per heavy atom. The molecule has 0 saturated carbocycles. The van der Waals surface area contributed by atoms with E-state index >= 15 is 0 Å². The van der Waals surface area contributed by atoms with Gasteiger partial charge >= 0.3 is 0 Å². The van der Waals surface area contributed by atoms with Gasteiger partial charge in [-0.05, 0) is 12.3 Å². The third-order valence-corrected chi connectivity index (χ3v) is 3.84. The Bertz CT molecular complexity index is 569. The summed E-state index contributed by atoms with van der Waals surface area (Å²) in [5.41, 5.74) is 9.80. The molecule has 1 unspecified atom stereocenters. The first kappa shape index (κ1) is 12.4. The fourth-order valence-corrected chi connectivity index (χ4v) is 2.94. The lowest BCUT2D eigenvalue weighted by Crippen LogP contribution is -2.32. The Morgan fingerprint density at radius 3 is 2.68 bits per heavy atom. The number of fused-ring (bicyclic) bond motifs is 1. The number of aromatic nitrogens is 2. The number of nitrogens with zero attached hydrogens (tertiary/aromatic N) is 2. The zero-order valence-corrected chi connectivity index (χ0v) is 11.6. The van der Waals surface area contributed by atoms with E-state index in [1.807, 2.05) is 6.07 Å². The van der Waals surface area contributed by atoms with E-state index in [1.165, 1.54) is 17.1 Å². The molecular weight excluding hydrogens is 234 g/mol. The standard InChI is InChI=1S/C16H21N3/c1-11(2)16-15(12-6-4-3-5-7-12)18-14-9-8-13(17)10-19(14)16/h3-7,11,13H,8-10,17H2,1-2H3. The Morgan fingerprint density at radius 1 is 1.26 bits per heavy atom. The van der Waals surface area contributed by atoms with Crippen molar-refractivity contribution in [3.8, 4) is 11.3 Å². The average molecular weight is 255 g/mol. The van der Waals surface area contributed by atoms with E-state index in [2.05, 4.69) is 42.7 Å². The molecule has 2 heterocycles. The molecule has 1 aliphatic rings. The Labute approximate surface area is 114 Å². The highest BCUT2D eigenvalue weighted by Crippen LogP contribution is 2.32. The van der Waals surface area contributed by atoms with Crippen molar-refractivity contribution < 1.29 is 0 Å². The minimum atomic E-state index is 0.267. The SMILES string of the molecule is CC(C)c1c(-c2ccccc2)nc2n1CC(N)CC2. The monoisotopic (exact) mass is 255 g/mol. The summed E-state index contributed by atoms with van der Waals surface area (Å²) in [6, 6.07) is 10.7. The second kappa shape index (κ2) is 4.82. The van der Waals surface area contributed by atoms with Gasteiger partial charge in [-0.3, -0.25) is 0 Å². The maximum atomic E-state index is 6.12. The van der Waals surface area contributed by atoms with Gasteiger partial charge in [0.05, 0.1) is 5.69 Å². The number of benzene rings is 1. The van der Waals surface area contributed by atoms with Crippen LogP contribution in [0, 0.1) is 0 Å². The van der Waals surface area contributed by atoms with E-state index in [0.29, 0.717) is 5.92 Å². The summed E-state index contributed by atoms with van der Waals surface area (Å²) in [6.45, 7) is 5.37. The number of imidazole rings is 1. The summed E-state index contributed by atoms with van der Waals surface area (Å²) in [5.74, 6) is 1.66. The second-order valence-corrected chi connectivity index (χ2v) is 5.69. The van der Waals surface area contributed by atoms with Crippen LogP contribution in [0.1, 0.15) is 37.7 Å². The number of hydrogen-bond donors (Lipinski definition) is 1. The van der Waals surface area contributed by atoms with Gasteiger partial charge < -0.3 is 10.3 Å². The summed E-state index contributed by atoms with van der Waals surface area (Å²) in [6.07, 6.45) is 2.04. The number of rotatable bonds is 2. The smallest absolute Gasteiger partial charge is 0.109 e. The Kier molecular flexibility index (Phi) is 3.15. The topological polar surface area (TPSA) is 43.8 Å².